The van der Waals surface area contributed by atoms with E-state index in [9.17, 15) is 9.90 Å². The molecule has 1 fully saturated rings. The molecule has 0 atom stereocenters. The predicted molar refractivity (Wildman–Crippen MR) is 51.6 cm³/mol. The van der Waals surface area contributed by atoms with Crippen LogP contribution in [0.1, 0.15) is 24.3 Å². The average molecular weight is 192 g/mol. The van der Waals surface area contributed by atoms with Gasteiger partial charge in [-0.2, -0.15) is 0 Å². The summed E-state index contributed by atoms with van der Waals surface area (Å²) in [6.45, 7) is 0. The molecular formula is C11H12O3. The fourth-order valence-corrected chi connectivity index (χ4v) is 1.67. The van der Waals surface area contributed by atoms with E-state index in [-0.39, 0.29) is 5.75 Å². The smallest absolute Gasteiger partial charge is 0.160 e. The van der Waals surface area contributed by atoms with Gasteiger partial charge in [-0.1, -0.05) is 6.07 Å². The van der Waals surface area contributed by atoms with E-state index in [1.54, 1.807) is 12.1 Å². The van der Waals surface area contributed by atoms with Crippen molar-refractivity contribution in [2.24, 2.45) is 0 Å². The van der Waals surface area contributed by atoms with Gasteiger partial charge < -0.3 is 9.84 Å². The minimum Gasteiger partial charge on any atom is -0.504 e. The molecule has 1 aromatic rings. The summed E-state index contributed by atoms with van der Waals surface area (Å²) in [6, 6.07) is 5.25. The van der Waals surface area contributed by atoms with Crippen molar-refractivity contribution in [1.82, 2.24) is 0 Å². The van der Waals surface area contributed by atoms with Gasteiger partial charge in [0.05, 0.1) is 7.11 Å². The highest BCUT2D eigenvalue weighted by molar-refractivity contribution is 5.86. The molecule has 0 amide bonds. The summed E-state index contributed by atoms with van der Waals surface area (Å²) in [5.41, 5.74) is 1.07. The first-order valence-electron chi connectivity index (χ1n) is 4.59. The van der Waals surface area contributed by atoms with Crippen LogP contribution >= 0.6 is 0 Å². The van der Waals surface area contributed by atoms with Crippen molar-refractivity contribution in [2.45, 2.75) is 18.8 Å². The lowest BCUT2D eigenvalue weighted by Crippen LogP contribution is -2.20. The molecule has 14 heavy (non-hydrogen) atoms. The summed E-state index contributed by atoms with van der Waals surface area (Å²) in [5, 5.41) is 9.37. The number of carbonyl (C=O) groups excluding carboxylic acids is 1. The zero-order valence-corrected chi connectivity index (χ0v) is 7.99. The van der Waals surface area contributed by atoms with Crippen LogP contribution in [0, 0.1) is 0 Å². The highest BCUT2D eigenvalue weighted by Crippen LogP contribution is 2.37. The largest absolute Gasteiger partial charge is 0.504 e. The van der Waals surface area contributed by atoms with Crippen LogP contribution < -0.4 is 4.74 Å². The Bertz CT molecular complexity index is 363. The lowest BCUT2D eigenvalue weighted by molar-refractivity contribution is -0.124. The number of benzene rings is 1. The molecule has 1 aromatic carbocycles. The minimum absolute atomic E-state index is 0.141. The van der Waals surface area contributed by atoms with E-state index >= 15 is 0 Å². The molecule has 2 rings (SSSR count). The van der Waals surface area contributed by atoms with Crippen LogP contribution in [0.4, 0.5) is 0 Å². The third kappa shape index (κ3) is 1.45. The standard InChI is InChI=1S/C11H12O3/c1-14-11-6-7(2-3-10(11)13)8-4-9(12)5-8/h2-3,6,8,13H,4-5H2,1H3. The van der Waals surface area contributed by atoms with Gasteiger partial charge in [-0.25, -0.2) is 0 Å². The SMILES string of the molecule is COc1cc(C2CC(=O)C2)ccc1O. The number of rotatable bonds is 2. The molecule has 0 unspecified atom stereocenters. The van der Waals surface area contributed by atoms with Gasteiger partial charge in [0.15, 0.2) is 11.5 Å². The normalized spacial score (nSPS) is 16.5. The molecule has 1 N–H and O–H groups in total. The number of ether oxygens (including phenoxy) is 1. The Kier molecular flexibility index (Phi) is 2.15. The van der Waals surface area contributed by atoms with Crippen molar-refractivity contribution >= 4 is 5.78 Å². The second kappa shape index (κ2) is 3.33. The van der Waals surface area contributed by atoms with E-state index in [0.717, 1.165) is 5.56 Å². The Morgan fingerprint density at radius 2 is 2.14 bits per heavy atom. The summed E-state index contributed by atoms with van der Waals surface area (Å²) in [4.78, 5) is 10.8. The van der Waals surface area contributed by atoms with Crippen LogP contribution in [-0.2, 0) is 4.79 Å². The van der Waals surface area contributed by atoms with Crippen LogP contribution in [0.15, 0.2) is 18.2 Å². The zero-order chi connectivity index (χ0) is 10.1. The van der Waals surface area contributed by atoms with Gasteiger partial charge in [0.2, 0.25) is 0 Å². The van der Waals surface area contributed by atoms with Gasteiger partial charge in [0.1, 0.15) is 5.78 Å². The Hall–Kier alpha value is -1.51. The molecule has 74 valence electrons. The number of carbonyl (C=O) groups is 1. The zero-order valence-electron chi connectivity index (χ0n) is 7.99. The van der Waals surface area contributed by atoms with Gasteiger partial charge in [-0.3, -0.25) is 4.79 Å². The molecule has 0 aromatic heterocycles. The highest BCUT2D eigenvalue weighted by atomic mass is 16.5. The maximum Gasteiger partial charge on any atom is 0.160 e. The molecule has 1 saturated carbocycles. The van der Waals surface area contributed by atoms with E-state index in [1.807, 2.05) is 6.07 Å². The summed E-state index contributed by atoms with van der Waals surface area (Å²) in [6.07, 6.45) is 1.24. The number of methoxy groups -OCH3 is 1. The summed E-state index contributed by atoms with van der Waals surface area (Å²) in [5.74, 6) is 1.24. The van der Waals surface area contributed by atoms with Crippen molar-refractivity contribution in [1.29, 1.82) is 0 Å². The predicted octanol–water partition coefficient (Wildman–Crippen LogP) is 1.85. The molecule has 0 bridgehead atoms. The number of aromatic hydroxyl groups is 1. The van der Waals surface area contributed by atoms with E-state index < -0.39 is 0 Å². The Balaban J connectivity index is 2.23. The van der Waals surface area contributed by atoms with Crippen molar-refractivity contribution < 1.29 is 14.6 Å². The van der Waals surface area contributed by atoms with Crippen LogP contribution in [0.3, 0.4) is 0 Å². The van der Waals surface area contributed by atoms with Crippen molar-refractivity contribution in [3.63, 3.8) is 0 Å². The van der Waals surface area contributed by atoms with E-state index in [4.69, 9.17) is 4.74 Å². The van der Waals surface area contributed by atoms with Gasteiger partial charge in [-0.15, -0.1) is 0 Å². The molecule has 3 nitrogen and oxygen atoms in total. The van der Waals surface area contributed by atoms with Crippen molar-refractivity contribution in [3.05, 3.63) is 23.8 Å². The number of hydrogen-bond donors (Lipinski definition) is 1. The second-order valence-electron chi connectivity index (χ2n) is 3.58. The molecular weight excluding hydrogens is 180 g/mol. The Morgan fingerprint density at radius 3 is 2.71 bits per heavy atom. The lowest BCUT2D eigenvalue weighted by Gasteiger charge is -2.24. The maximum absolute atomic E-state index is 10.8. The fourth-order valence-electron chi connectivity index (χ4n) is 1.67. The van der Waals surface area contributed by atoms with Crippen LogP contribution in [0.25, 0.3) is 0 Å². The third-order valence-electron chi connectivity index (χ3n) is 2.62. The second-order valence-corrected chi connectivity index (χ2v) is 3.58. The number of phenolic OH excluding ortho intramolecular Hbond substituents is 1. The monoisotopic (exact) mass is 192 g/mol. The quantitative estimate of drug-likeness (QED) is 0.777. The van der Waals surface area contributed by atoms with E-state index in [2.05, 4.69) is 0 Å². The highest BCUT2D eigenvalue weighted by Gasteiger charge is 2.28. The Labute approximate surface area is 82.3 Å². The Morgan fingerprint density at radius 1 is 1.43 bits per heavy atom. The summed E-state index contributed by atoms with van der Waals surface area (Å²) < 4.78 is 5.00. The van der Waals surface area contributed by atoms with Crippen LogP contribution in [0.5, 0.6) is 11.5 Å². The number of phenols is 1. The fraction of sp³-hybridized carbons (Fsp3) is 0.364. The molecule has 3 heteroatoms. The number of Topliss-reactive ketones (excluding diaryl/α,β-unsaturated/α-hetero) is 1. The molecule has 0 aliphatic heterocycles. The molecule has 0 saturated heterocycles. The van der Waals surface area contributed by atoms with Gasteiger partial charge in [0.25, 0.3) is 0 Å². The first kappa shape index (κ1) is 9.06. The van der Waals surface area contributed by atoms with Gasteiger partial charge >= 0.3 is 0 Å². The molecule has 1 aliphatic carbocycles. The molecule has 0 spiro atoms. The molecule has 0 heterocycles. The van der Waals surface area contributed by atoms with E-state index in [1.165, 1.54) is 7.11 Å². The maximum atomic E-state index is 10.8. The third-order valence-corrected chi connectivity index (χ3v) is 2.62. The topological polar surface area (TPSA) is 46.5 Å². The summed E-state index contributed by atoms with van der Waals surface area (Å²) >= 11 is 0. The van der Waals surface area contributed by atoms with Gasteiger partial charge in [-0.05, 0) is 23.6 Å². The lowest BCUT2D eigenvalue weighted by atomic mass is 9.79. The summed E-state index contributed by atoms with van der Waals surface area (Å²) in [7, 11) is 1.52. The van der Waals surface area contributed by atoms with Crippen molar-refractivity contribution in [2.75, 3.05) is 7.11 Å². The first-order valence-corrected chi connectivity index (χ1v) is 4.59. The number of hydrogen-bond acceptors (Lipinski definition) is 3. The van der Waals surface area contributed by atoms with Crippen molar-refractivity contribution in [3.8, 4) is 11.5 Å². The molecule has 1 aliphatic rings. The average Bonchev–Trinajstić information content (AvgIpc) is 2.14. The van der Waals surface area contributed by atoms with E-state index in [0.29, 0.717) is 30.3 Å². The molecule has 0 radical (unpaired) electrons. The van der Waals surface area contributed by atoms with Crippen LogP contribution in [0.2, 0.25) is 0 Å². The minimum atomic E-state index is 0.141. The van der Waals surface area contributed by atoms with Crippen LogP contribution in [-0.4, -0.2) is 18.0 Å². The first-order chi connectivity index (χ1) is 6.70. The van der Waals surface area contributed by atoms with Gasteiger partial charge in [0, 0.05) is 12.8 Å². The number of ketones is 1.